The van der Waals surface area contributed by atoms with Gasteiger partial charge in [-0.15, -0.1) is 0 Å². The van der Waals surface area contributed by atoms with Crippen LogP contribution in [0.25, 0.3) is 0 Å². The van der Waals surface area contributed by atoms with Crippen molar-refractivity contribution in [3.05, 3.63) is 34.3 Å². The van der Waals surface area contributed by atoms with Gasteiger partial charge in [-0.25, -0.2) is 0 Å². The van der Waals surface area contributed by atoms with Gasteiger partial charge in [0.05, 0.1) is 0 Å². The minimum absolute atomic E-state index is 0.290. The van der Waals surface area contributed by atoms with Crippen LogP contribution in [0.15, 0.2) is 33.7 Å². The Hall–Kier alpha value is -1.03. The van der Waals surface area contributed by atoms with E-state index in [4.69, 9.17) is 0 Å². The van der Waals surface area contributed by atoms with Crippen molar-refractivity contribution in [2.75, 3.05) is 13.6 Å². The van der Waals surface area contributed by atoms with Crippen LogP contribution in [-0.4, -0.2) is 25.6 Å². The topological polar surface area (TPSA) is 36.4 Å². The molecule has 0 aliphatic heterocycles. The maximum absolute atomic E-state index is 4.26. The van der Waals surface area contributed by atoms with E-state index in [2.05, 4.69) is 69.7 Å². The van der Waals surface area contributed by atoms with Gasteiger partial charge in [-0.1, -0.05) is 28.1 Å². The van der Waals surface area contributed by atoms with Crippen molar-refractivity contribution < 1.29 is 0 Å². The highest BCUT2D eigenvalue weighted by Gasteiger charge is 2.44. The molecule has 0 unspecified atom stereocenters. The first-order valence-corrected chi connectivity index (χ1v) is 7.58. The molecule has 0 amide bonds. The third kappa shape index (κ3) is 3.72. The lowest BCUT2D eigenvalue weighted by atomic mass is 9.96. The molecule has 3 nitrogen and oxygen atoms in total. The molecular formula is C15H22BrN3. The molecule has 1 aliphatic rings. The predicted molar refractivity (Wildman–Crippen MR) is 84.7 cm³/mol. The molecule has 2 rings (SSSR count). The van der Waals surface area contributed by atoms with E-state index < -0.39 is 0 Å². The first-order chi connectivity index (χ1) is 9.05. The second-order valence-electron chi connectivity index (χ2n) is 5.52. The summed E-state index contributed by atoms with van der Waals surface area (Å²) >= 11 is 3.55. The van der Waals surface area contributed by atoms with Gasteiger partial charge in [0.25, 0.3) is 0 Å². The molecule has 0 radical (unpaired) electrons. The molecule has 0 bridgehead atoms. The van der Waals surface area contributed by atoms with Gasteiger partial charge >= 0.3 is 0 Å². The predicted octanol–water partition coefficient (Wildman–Crippen LogP) is 3.05. The van der Waals surface area contributed by atoms with Crippen LogP contribution in [0.4, 0.5) is 0 Å². The van der Waals surface area contributed by atoms with E-state index in [0.29, 0.717) is 11.5 Å². The lowest BCUT2D eigenvalue weighted by Crippen LogP contribution is -2.43. The van der Waals surface area contributed by atoms with E-state index in [-0.39, 0.29) is 0 Å². The van der Waals surface area contributed by atoms with Crippen molar-refractivity contribution in [2.24, 2.45) is 4.99 Å². The molecule has 0 atom stereocenters. The van der Waals surface area contributed by atoms with E-state index >= 15 is 0 Å². The molecule has 0 heterocycles. The molecule has 104 valence electrons. The summed E-state index contributed by atoms with van der Waals surface area (Å²) in [6.45, 7) is 5.18. The van der Waals surface area contributed by atoms with Crippen LogP contribution in [0.2, 0.25) is 0 Å². The SMILES string of the molecule is CN=C(NCC1(c2cccc(Br)c2)CC1)NC(C)C. The number of halogens is 1. The zero-order chi connectivity index (χ0) is 13.9. The van der Waals surface area contributed by atoms with Gasteiger partial charge in [0.2, 0.25) is 0 Å². The van der Waals surface area contributed by atoms with Crippen molar-refractivity contribution in [3.63, 3.8) is 0 Å². The molecule has 2 N–H and O–H groups in total. The minimum Gasteiger partial charge on any atom is -0.356 e. The van der Waals surface area contributed by atoms with Crippen LogP contribution in [0.3, 0.4) is 0 Å². The lowest BCUT2D eigenvalue weighted by Gasteiger charge is -2.20. The molecule has 4 heteroatoms. The maximum Gasteiger partial charge on any atom is 0.191 e. The van der Waals surface area contributed by atoms with E-state index in [0.717, 1.165) is 17.0 Å². The lowest BCUT2D eigenvalue weighted by molar-refractivity contribution is 0.630. The zero-order valence-corrected chi connectivity index (χ0v) is 13.4. The number of nitrogens with one attached hydrogen (secondary N) is 2. The quantitative estimate of drug-likeness (QED) is 0.660. The summed E-state index contributed by atoms with van der Waals surface area (Å²) in [7, 11) is 1.82. The fourth-order valence-electron chi connectivity index (χ4n) is 2.26. The van der Waals surface area contributed by atoms with Gasteiger partial charge in [0.15, 0.2) is 5.96 Å². The number of benzene rings is 1. The number of hydrogen-bond donors (Lipinski definition) is 2. The molecule has 0 spiro atoms. The third-order valence-corrected chi connectivity index (χ3v) is 4.03. The Kier molecular flexibility index (Phi) is 4.50. The Balaban J connectivity index is 1.99. The zero-order valence-electron chi connectivity index (χ0n) is 11.8. The molecule has 1 aromatic carbocycles. The summed E-state index contributed by atoms with van der Waals surface area (Å²) in [6.07, 6.45) is 2.49. The van der Waals surface area contributed by atoms with Crippen LogP contribution < -0.4 is 10.6 Å². The molecule has 1 aliphatic carbocycles. The highest BCUT2D eigenvalue weighted by Crippen LogP contribution is 2.48. The van der Waals surface area contributed by atoms with Gasteiger partial charge in [-0.05, 0) is 44.4 Å². The Morgan fingerprint density at radius 1 is 1.42 bits per heavy atom. The van der Waals surface area contributed by atoms with Crippen molar-refractivity contribution in [1.82, 2.24) is 10.6 Å². The molecule has 1 aromatic rings. The number of nitrogens with zero attached hydrogens (tertiary/aromatic N) is 1. The van der Waals surface area contributed by atoms with Gasteiger partial charge < -0.3 is 10.6 Å². The number of aliphatic imine (C=N–C) groups is 1. The van der Waals surface area contributed by atoms with Crippen molar-refractivity contribution in [1.29, 1.82) is 0 Å². The summed E-state index contributed by atoms with van der Waals surface area (Å²) in [5, 5.41) is 6.77. The molecule has 1 saturated carbocycles. The Labute approximate surface area is 124 Å². The van der Waals surface area contributed by atoms with Crippen molar-refractivity contribution in [3.8, 4) is 0 Å². The van der Waals surface area contributed by atoms with Gasteiger partial charge in [-0.3, -0.25) is 4.99 Å². The Morgan fingerprint density at radius 2 is 2.16 bits per heavy atom. The van der Waals surface area contributed by atoms with Crippen LogP contribution in [0.5, 0.6) is 0 Å². The first kappa shape index (κ1) is 14.4. The number of hydrogen-bond acceptors (Lipinski definition) is 1. The fraction of sp³-hybridized carbons (Fsp3) is 0.533. The smallest absolute Gasteiger partial charge is 0.191 e. The normalized spacial score (nSPS) is 17.4. The summed E-state index contributed by atoms with van der Waals surface area (Å²) in [5.74, 6) is 0.885. The first-order valence-electron chi connectivity index (χ1n) is 6.79. The largest absolute Gasteiger partial charge is 0.356 e. The van der Waals surface area contributed by atoms with Gasteiger partial charge in [0, 0.05) is 29.5 Å². The summed E-state index contributed by atoms with van der Waals surface area (Å²) in [4.78, 5) is 4.26. The molecule has 19 heavy (non-hydrogen) atoms. The molecule has 1 fully saturated rings. The Morgan fingerprint density at radius 3 is 2.68 bits per heavy atom. The molecule has 0 saturated heterocycles. The summed E-state index contributed by atoms with van der Waals surface area (Å²) in [6, 6.07) is 9.03. The van der Waals surface area contributed by atoms with Crippen LogP contribution in [0, 0.1) is 0 Å². The standard InChI is InChI=1S/C15H22BrN3/c1-11(2)19-14(17-3)18-10-15(7-8-15)12-5-4-6-13(16)9-12/h4-6,9,11H,7-8,10H2,1-3H3,(H2,17,18,19). The summed E-state index contributed by atoms with van der Waals surface area (Å²) < 4.78 is 1.15. The average molecular weight is 324 g/mol. The van der Waals surface area contributed by atoms with Crippen molar-refractivity contribution >= 4 is 21.9 Å². The second-order valence-corrected chi connectivity index (χ2v) is 6.43. The average Bonchev–Trinajstić information content (AvgIpc) is 3.15. The van der Waals surface area contributed by atoms with E-state index in [1.165, 1.54) is 18.4 Å². The van der Waals surface area contributed by atoms with E-state index in [9.17, 15) is 0 Å². The highest BCUT2D eigenvalue weighted by atomic mass is 79.9. The number of guanidine groups is 1. The molecule has 0 aromatic heterocycles. The summed E-state index contributed by atoms with van der Waals surface area (Å²) in [5.41, 5.74) is 1.70. The third-order valence-electron chi connectivity index (χ3n) is 3.53. The highest BCUT2D eigenvalue weighted by molar-refractivity contribution is 9.10. The minimum atomic E-state index is 0.290. The second kappa shape index (κ2) is 5.95. The van der Waals surface area contributed by atoms with E-state index in [1.807, 2.05) is 7.05 Å². The van der Waals surface area contributed by atoms with Crippen LogP contribution >= 0.6 is 15.9 Å². The fourth-order valence-corrected chi connectivity index (χ4v) is 2.66. The van der Waals surface area contributed by atoms with E-state index in [1.54, 1.807) is 0 Å². The van der Waals surface area contributed by atoms with Crippen LogP contribution in [-0.2, 0) is 5.41 Å². The van der Waals surface area contributed by atoms with Gasteiger partial charge in [0.1, 0.15) is 0 Å². The van der Waals surface area contributed by atoms with Crippen LogP contribution in [0.1, 0.15) is 32.3 Å². The number of rotatable bonds is 4. The monoisotopic (exact) mass is 323 g/mol. The maximum atomic E-state index is 4.26. The van der Waals surface area contributed by atoms with Crippen molar-refractivity contribution in [2.45, 2.75) is 38.1 Å². The Bertz CT molecular complexity index is 464. The molecular weight excluding hydrogens is 302 g/mol. The van der Waals surface area contributed by atoms with Gasteiger partial charge in [-0.2, -0.15) is 0 Å².